The molecule has 0 aliphatic carbocycles. The molecule has 0 saturated carbocycles. The molecule has 6 nitrogen and oxygen atoms in total. The van der Waals surface area contributed by atoms with Crippen LogP contribution in [0.1, 0.15) is 24.0 Å². The van der Waals surface area contributed by atoms with Gasteiger partial charge >= 0.3 is 0 Å². The summed E-state index contributed by atoms with van der Waals surface area (Å²) in [6.07, 6.45) is 0.695. The number of piperazine rings is 1. The van der Waals surface area contributed by atoms with Gasteiger partial charge in [0, 0.05) is 50.6 Å². The number of halogens is 1. The first kappa shape index (κ1) is 20.6. The Morgan fingerprint density at radius 2 is 1.70 bits per heavy atom. The summed E-state index contributed by atoms with van der Waals surface area (Å²) in [5.41, 5.74) is 3.37. The SMILES string of the molecule is Cc1ccccc1N1N=C(C(=O)N2CCN(Cc3ccc(Cl)cc3)CC2)CCC1=O. The normalized spacial score (nSPS) is 17.8. The Bertz CT molecular complexity index is 965. The molecule has 0 bridgehead atoms. The minimum atomic E-state index is -0.0753. The van der Waals surface area contributed by atoms with Crippen LogP contribution in [0.4, 0.5) is 5.69 Å². The van der Waals surface area contributed by atoms with Crippen molar-refractivity contribution in [2.24, 2.45) is 5.10 Å². The van der Waals surface area contributed by atoms with E-state index in [0.717, 1.165) is 35.9 Å². The maximum atomic E-state index is 13.0. The molecule has 2 amide bonds. The molecule has 1 saturated heterocycles. The van der Waals surface area contributed by atoms with E-state index in [4.69, 9.17) is 11.6 Å². The molecule has 2 aliphatic heterocycles. The van der Waals surface area contributed by atoms with Crippen molar-refractivity contribution in [3.05, 3.63) is 64.7 Å². The molecular formula is C23H25ClN4O2. The van der Waals surface area contributed by atoms with Crippen molar-refractivity contribution in [3.63, 3.8) is 0 Å². The molecule has 4 rings (SSSR count). The molecule has 2 aliphatic rings. The van der Waals surface area contributed by atoms with Crippen molar-refractivity contribution < 1.29 is 9.59 Å². The van der Waals surface area contributed by atoms with Crippen molar-refractivity contribution >= 4 is 34.8 Å². The second kappa shape index (κ2) is 8.98. The largest absolute Gasteiger partial charge is 0.335 e. The number of aryl methyl sites for hydroxylation is 1. The topological polar surface area (TPSA) is 56.2 Å². The molecule has 0 spiro atoms. The van der Waals surface area contributed by atoms with Gasteiger partial charge in [0.05, 0.1) is 5.69 Å². The maximum absolute atomic E-state index is 13.0. The molecular weight excluding hydrogens is 400 g/mol. The lowest BCUT2D eigenvalue weighted by Gasteiger charge is -2.35. The van der Waals surface area contributed by atoms with Crippen LogP contribution in [0.15, 0.2) is 53.6 Å². The highest BCUT2D eigenvalue weighted by Crippen LogP contribution is 2.24. The van der Waals surface area contributed by atoms with E-state index in [9.17, 15) is 9.59 Å². The van der Waals surface area contributed by atoms with Crippen LogP contribution in [0, 0.1) is 6.92 Å². The number of para-hydroxylation sites is 1. The first-order valence-corrected chi connectivity index (χ1v) is 10.6. The standard InChI is InChI=1S/C23H25ClN4O2/c1-17-4-2-3-5-21(17)28-22(29)11-10-20(25-28)23(30)27-14-12-26(13-15-27)16-18-6-8-19(24)9-7-18/h2-9H,10-16H2,1H3. The lowest BCUT2D eigenvalue weighted by molar-refractivity contribution is -0.126. The van der Waals surface area contributed by atoms with Gasteiger partial charge in [-0.05, 0) is 36.2 Å². The summed E-state index contributed by atoms with van der Waals surface area (Å²) in [5, 5.41) is 6.58. The molecule has 1 fully saturated rings. The predicted octanol–water partition coefficient (Wildman–Crippen LogP) is 3.48. The van der Waals surface area contributed by atoms with Gasteiger partial charge in [0.2, 0.25) is 5.91 Å². The Morgan fingerprint density at radius 3 is 2.40 bits per heavy atom. The van der Waals surface area contributed by atoms with E-state index in [-0.39, 0.29) is 11.8 Å². The maximum Gasteiger partial charge on any atom is 0.270 e. The number of carbonyl (C=O) groups is 2. The van der Waals surface area contributed by atoms with Gasteiger partial charge in [0.15, 0.2) is 0 Å². The summed E-state index contributed by atoms with van der Waals surface area (Å²) in [6.45, 7) is 5.71. The molecule has 156 valence electrons. The first-order chi connectivity index (χ1) is 14.5. The molecule has 7 heteroatoms. The summed E-state index contributed by atoms with van der Waals surface area (Å²) in [6, 6.07) is 15.5. The lowest BCUT2D eigenvalue weighted by atomic mass is 10.1. The van der Waals surface area contributed by atoms with E-state index < -0.39 is 0 Å². The highest BCUT2D eigenvalue weighted by atomic mass is 35.5. The summed E-state index contributed by atoms with van der Waals surface area (Å²) >= 11 is 5.96. The number of amides is 2. The minimum absolute atomic E-state index is 0.0628. The number of hydrogen-bond donors (Lipinski definition) is 0. The summed E-state index contributed by atoms with van der Waals surface area (Å²) in [5.74, 6) is -0.138. The van der Waals surface area contributed by atoms with Crippen molar-refractivity contribution in [2.45, 2.75) is 26.3 Å². The van der Waals surface area contributed by atoms with E-state index in [1.54, 1.807) is 0 Å². The van der Waals surface area contributed by atoms with Gasteiger partial charge in [0.25, 0.3) is 5.91 Å². The average Bonchev–Trinajstić information content (AvgIpc) is 2.76. The number of anilines is 1. The predicted molar refractivity (Wildman–Crippen MR) is 119 cm³/mol. The molecule has 0 unspecified atom stereocenters. The zero-order valence-corrected chi connectivity index (χ0v) is 17.8. The second-order valence-electron chi connectivity index (χ2n) is 7.73. The van der Waals surface area contributed by atoms with Gasteiger partial charge in [-0.3, -0.25) is 14.5 Å². The summed E-state index contributed by atoms with van der Waals surface area (Å²) in [7, 11) is 0. The van der Waals surface area contributed by atoms with Gasteiger partial charge in [-0.25, -0.2) is 5.01 Å². The lowest BCUT2D eigenvalue weighted by Crippen LogP contribution is -2.51. The van der Waals surface area contributed by atoms with Gasteiger partial charge in [-0.15, -0.1) is 0 Å². The zero-order valence-electron chi connectivity index (χ0n) is 17.1. The quantitative estimate of drug-likeness (QED) is 0.755. The number of rotatable bonds is 4. The van der Waals surface area contributed by atoms with Crippen LogP contribution >= 0.6 is 11.6 Å². The molecule has 0 N–H and O–H groups in total. The minimum Gasteiger partial charge on any atom is -0.335 e. The fraction of sp³-hybridized carbons (Fsp3) is 0.348. The number of hydrogen-bond acceptors (Lipinski definition) is 4. The monoisotopic (exact) mass is 424 g/mol. The Kier molecular flexibility index (Phi) is 6.16. The van der Waals surface area contributed by atoms with Crippen LogP contribution in [0.5, 0.6) is 0 Å². The smallest absolute Gasteiger partial charge is 0.270 e. The Balaban J connectivity index is 1.40. The Labute approximate surface area is 181 Å². The van der Waals surface area contributed by atoms with Gasteiger partial charge in [0.1, 0.15) is 5.71 Å². The summed E-state index contributed by atoms with van der Waals surface area (Å²) < 4.78 is 0. The van der Waals surface area contributed by atoms with Crippen molar-refractivity contribution in [1.29, 1.82) is 0 Å². The van der Waals surface area contributed by atoms with E-state index in [1.165, 1.54) is 10.6 Å². The third kappa shape index (κ3) is 4.55. The van der Waals surface area contributed by atoms with Crippen molar-refractivity contribution in [1.82, 2.24) is 9.80 Å². The van der Waals surface area contributed by atoms with Gasteiger partial charge in [-0.2, -0.15) is 5.10 Å². The fourth-order valence-electron chi connectivity index (χ4n) is 3.84. The van der Waals surface area contributed by atoms with Crippen LogP contribution in [-0.2, 0) is 16.1 Å². The van der Waals surface area contributed by atoms with Crippen LogP contribution < -0.4 is 5.01 Å². The molecule has 0 atom stereocenters. The van der Waals surface area contributed by atoms with Crippen molar-refractivity contribution in [3.8, 4) is 0 Å². The average molecular weight is 425 g/mol. The van der Waals surface area contributed by atoms with Gasteiger partial charge in [-0.1, -0.05) is 41.9 Å². The molecule has 2 aromatic rings. The van der Waals surface area contributed by atoms with E-state index in [1.807, 2.05) is 60.4 Å². The van der Waals surface area contributed by atoms with E-state index in [0.29, 0.717) is 31.6 Å². The number of nitrogens with zero attached hydrogens (tertiary/aromatic N) is 4. The third-order valence-corrected chi connectivity index (χ3v) is 5.85. The van der Waals surface area contributed by atoms with Crippen molar-refractivity contribution in [2.75, 3.05) is 31.2 Å². The molecule has 0 aromatic heterocycles. The second-order valence-corrected chi connectivity index (χ2v) is 8.17. The fourth-order valence-corrected chi connectivity index (χ4v) is 3.96. The first-order valence-electron chi connectivity index (χ1n) is 10.2. The molecule has 0 radical (unpaired) electrons. The van der Waals surface area contributed by atoms with Crippen LogP contribution in [0.3, 0.4) is 0 Å². The van der Waals surface area contributed by atoms with Gasteiger partial charge < -0.3 is 4.90 Å². The third-order valence-electron chi connectivity index (χ3n) is 5.60. The molecule has 30 heavy (non-hydrogen) atoms. The Morgan fingerprint density at radius 1 is 1.00 bits per heavy atom. The van der Waals surface area contributed by atoms with E-state index in [2.05, 4.69) is 10.0 Å². The van der Waals surface area contributed by atoms with E-state index >= 15 is 0 Å². The van der Waals surface area contributed by atoms with Crippen LogP contribution in [0.2, 0.25) is 5.02 Å². The number of carbonyl (C=O) groups excluding carboxylic acids is 2. The van der Waals surface area contributed by atoms with Crippen LogP contribution in [-0.4, -0.2) is 53.5 Å². The highest BCUT2D eigenvalue weighted by Gasteiger charge is 2.30. The van der Waals surface area contributed by atoms with Crippen LogP contribution in [0.25, 0.3) is 0 Å². The zero-order chi connectivity index (χ0) is 21.1. The molecule has 2 aromatic carbocycles. The highest BCUT2D eigenvalue weighted by molar-refractivity contribution is 6.40. The summed E-state index contributed by atoms with van der Waals surface area (Å²) in [4.78, 5) is 29.6. The number of hydrazone groups is 1. The molecule has 2 heterocycles. The number of benzene rings is 2. The Hall–Kier alpha value is -2.70.